The van der Waals surface area contributed by atoms with Crippen LogP contribution in [-0.2, 0) is 4.79 Å². The zero-order chi connectivity index (χ0) is 8.69. The lowest BCUT2D eigenvalue weighted by atomic mass is 10.2. The lowest BCUT2D eigenvalue weighted by molar-refractivity contribution is -0.132. The molecule has 0 amide bonds. The van der Waals surface area contributed by atoms with E-state index in [1.54, 1.807) is 13.0 Å². The maximum atomic E-state index is 10.3. The molecule has 0 atom stereocenters. The molecule has 0 spiro atoms. The number of hydrogen-bond acceptors (Lipinski definition) is 2. The normalized spacial score (nSPS) is 11.6. The zero-order valence-corrected chi connectivity index (χ0v) is 6.84. The second-order valence-electron chi connectivity index (χ2n) is 2.48. The number of allylic oxidation sites excluding steroid dienone is 1. The Kier molecular flexibility index (Phi) is 5.47. The van der Waals surface area contributed by atoms with Gasteiger partial charge in [-0.2, -0.15) is 0 Å². The second kappa shape index (κ2) is 5.92. The topological polar surface area (TPSA) is 63.3 Å². The van der Waals surface area contributed by atoms with Gasteiger partial charge >= 0.3 is 5.97 Å². The molecule has 0 saturated heterocycles. The van der Waals surface area contributed by atoms with Crippen molar-refractivity contribution >= 4 is 5.97 Å². The summed E-state index contributed by atoms with van der Waals surface area (Å²) in [5, 5.41) is 8.45. The van der Waals surface area contributed by atoms with Crippen molar-refractivity contribution in [3.05, 3.63) is 11.6 Å². The molecule has 0 fully saturated rings. The number of aliphatic carboxylic acids is 1. The first-order valence-corrected chi connectivity index (χ1v) is 3.78. The molecule has 0 heterocycles. The molecule has 0 radical (unpaired) electrons. The fraction of sp³-hybridized carbons (Fsp3) is 0.625. The van der Waals surface area contributed by atoms with Gasteiger partial charge in [0.2, 0.25) is 0 Å². The summed E-state index contributed by atoms with van der Waals surface area (Å²) < 4.78 is 0. The second-order valence-corrected chi connectivity index (χ2v) is 2.48. The number of hydrogen-bond donors (Lipinski definition) is 2. The summed E-state index contributed by atoms with van der Waals surface area (Å²) in [6.45, 7) is 2.28. The SMILES string of the molecule is CC(=CCCCCN)C(=O)O. The molecule has 0 saturated carbocycles. The average molecular weight is 157 g/mol. The van der Waals surface area contributed by atoms with Crippen molar-refractivity contribution in [3.8, 4) is 0 Å². The van der Waals surface area contributed by atoms with Gasteiger partial charge in [0.15, 0.2) is 0 Å². The maximum Gasteiger partial charge on any atom is 0.330 e. The largest absolute Gasteiger partial charge is 0.478 e. The van der Waals surface area contributed by atoms with Crippen LogP contribution < -0.4 is 5.73 Å². The first-order valence-electron chi connectivity index (χ1n) is 3.78. The molecule has 64 valence electrons. The third-order valence-corrected chi connectivity index (χ3v) is 1.45. The Bertz CT molecular complexity index is 152. The van der Waals surface area contributed by atoms with E-state index < -0.39 is 5.97 Å². The Hall–Kier alpha value is -0.830. The quantitative estimate of drug-likeness (QED) is 0.464. The number of nitrogens with two attached hydrogens (primary N) is 1. The molecule has 0 aromatic heterocycles. The molecule has 11 heavy (non-hydrogen) atoms. The van der Waals surface area contributed by atoms with Crippen LogP contribution in [0.25, 0.3) is 0 Å². The van der Waals surface area contributed by atoms with Crippen LogP contribution >= 0.6 is 0 Å². The van der Waals surface area contributed by atoms with Crippen LogP contribution in [0.5, 0.6) is 0 Å². The molecule has 3 heteroatoms. The summed E-state index contributed by atoms with van der Waals surface area (Å²) >= 11 is 0. The highest BCUT2D eigenvalue weighted by atomic mass is 16.4. The monoisotopic (exact) mass is 157 g/mol. The van der Waals surface area contributed by atoms with Crippen molar-refractivity contribution in [2.75, 3.05) is 6.54 Å². The molecule has 0 aliphatic carbocycles. The van der Waals surface area contributed by atoms with Gasteiger partial charge in [-0.15, -0.1) is 0 Å². The van der Waals surface area contributed by atoms with Crippen LogP contribution in [0, 0.1) is 0 Å². The summed E-state index contributed by atoms with van der Waals surface area (Å²) in [4.78, 5) is 10.3. The van der Waals surface area contributed by atoms with Crippen molar-refractivity contribution in [2.24, 2.45) is 5.73 Å². The van der Waals surface area contributed by atoms with Gasteiger partial charge in [0, 0.05) is 5.57 Å². The minimum atomic E-state index is -0.835. The van der Waals surface area contributed by atoms with Gasteiger partial charge in [-0.3, -0.25) is 0 Å². The molecule has 0 aromatic carbocycles. The van der Waals surface area contributed by atoms with Crippen LogP contribution in [0.1, 0.15) is 26.2 Å². The third kappa shape index (κ3) is 5.61. The summed E-state index contributed by atoms with van der Waals surface area (Å²) in [6, 6.07) is 0. The molecule has 0 aliphatic rings. The van der Waals surface area contributed by atoms with Crippen LogP contribution in [0.2, 0.25) is 0 Å². The molecule has 3 N–H and O–H groups in total. The maximum absolute atomic E-state index is 10.3. The Labute approximate surface area is 66.9 Å². The van der Waals surface area contributed by atoms with Gasteiger partial charge in [-0.05, 0) is 32.7 Å². The third-order valence-electron chi connectivity index (χ3n) is 1.45. The lowest BCUT2D eigenvalue weighted by Gasteiger charge is -1.93. The fourth-order valence-corrected chi connectivity index (χ4v) is 0.695. The van der Waals surface area contributed by atoms with Crippen molar-refractivity contribution < 1.29 is 9.90 Å². The van der Waals surface area contributed by atoms with E-state index >= 15 is 0 Å². The van der Waals surface area contributed by atoms with E-state index in [2.05, 4.69) is 0 Å². The van der Waals surface area contributed by atoms with E-state index in [4.69, 9.17) is 10.8 Å². The van der Waals surface area contributed by atoms with Gasteiger partial charge in [0.05, 0.1) is 0 Å². The van der Waals surface area contributed by atoms with E-state index in [0.717, 1.165) is 19.3 Å². The smallest absolute Gasteiger partial charge is 0.330 e. The van der Waals surface area contributed by atoms with Crippen molar-refractivity contribution in [1.82, 2.24) is 0 Å². The lowest BCUT2D eigenvalue weighted by Crippen LogP contribution is -1.98. The van der Waals surface area contributed by atoms with Crippen LogP contribution in [0.4, 0.5) is 0 Å². The number of carboxylic acid groups (broad SMARTS) is 1. The molecular weight excluding hydrogens is 142 g/mol. The predicted octanol–water partition coefficient (Wildman–Crippen LogP) is 1.15. The van der Waals surface area contributed by atoms with Gasteiger partial charge in [0.1, 0.15) is 0 Å². The Balaban J connectivity index is 3.48. The molecule has 0 rings (SSSR count). The van der Waals surface area contributed by atoms with Gasteiger partial charge < -0.3 is 10.8 Å². The first-order chi connectivity index (χ1) is 5.18. The van der Waals surface area contributed by atoms with Gasteiger partial charge in [0.25, 0.3) is 0 Å². The zero-order valence-electron chi connectivity index (χ0n) is 6.84. The standard InChI is InChI=1S/C8H15NO2/c1-7(8(10)11)5-3-2-4-6-9/h5H,2-4,6,9H2,1H3,(H,10,11). The van der Waals surface area contributed by atoms with E-state index in [1.165, 1.54) is 0 Å². The highest BCUT2D eigenvalue weighted by molar-refractivity contribution is 5.85. The first kappa shape index (κ1) is 10.2. The van der Waals surface area contributed by atoms with Gasteiger partial charge in [-0.25, -0.2) is 4.79 Å². The molecule has 0 bridgehead atoms. The van der Waals surface area contributed by atoms with E-state index in [9.17, 15) is 4.79 Å². The van der Waals surface area contributed by atoms with Crippen LogP contribution in [-0.4, -0.2) is 17.6 Å². The number of rotatable bonds is 5. The Morgan fingerprint density at radius 2 is 2.18 bits per heavy atom. The van der Waals surface area contributed by atoms with Gasteiger partial charge in [-0.1, -0.05) is 6.08 Å². The van der Waals surface area contributed by atoms with Crippen LogP contribution in [0.3, 0.4) is 0 Å². The van der Waals surface area contributed by atoms with Crippen molar-refractivity contribution in [3.63, 3.8) is 0 Å². The van der Waals surface area contributed by atoms with Crippen molar-refractivity contribution in [2.45, 2.75) is 26.2 Å². The minimum absolute atomic E-state index is 0.419. The highest BCUT2D eigenvalue weighted by Crippen LogP contribution is 2.00. The Morgan fingerprint density at radius 1 is 1.55 bits per heavy atom. The molecular formula is C8H15NO2. The summed E-state index contributed by atoms with van der Waals surface area (Å²) in [7, 11) is 0. The van der Waals surface area contributed by atoms with Crippen molar-refractivity contribution in [1.29, 1.82) is 0 Å². The molecule has 0 aliphatic heterocycles. The highest BCUT2D eigenvalue weighted by Gasteiger charge is 1.96. The predicted molar refractivity (Wildman–Crippen MR) is 44.3 cm³/mol. The average Bonchev–Trinajstić information content (AvgIpc) is 1.97. The van der Waals surface area contributed by atoms with E-state index in [1.807, 2.05) is 0 Å². The number of carbonyl (C=O) groups is 1. The number of carboxylic acids is 1. The van der Waals surface area contributed by atoms with E-state index in [-0.39, 0.29) is 0 Å². The minimum Gasteiger partial charge on any atom is -0.478 e. The summed E-state index contributed by atoms with van der Waals surface area (Å²) in [5.74, 6) is -0.835. The van der Waals surface area contributed by atoms with Crippen LogP contribution in [0.15, 0.2) is 11.6 Å². The van der Waals surface area contributed by atoms with E-state index in [0.29, 0.717) is 12.1 Å². The molecule has 3 nitrogen and oxygen atoms in total. The summed E-state index contributed by atoms with van der Waals surface area (Å²) in [5.41, 5.74) is 5.69. The summed E-state index contributed by atoms with van der Waals surface area (Å²) in [6.07, 6.45) is 4.48. The molecule has 0 unspecified atom stereocenters. The number of unbranched alkanes of at least 4 members (excludes halogenated alkanes) is 2. The Morgan fingerprint density at radius 3 is 2.64 bits per heavy atom. The molecule has 0 aromatic rings. The fourth-order valence-electron chi connectivity index (χ4n) is 0.695.